The maximum Gasteiger partial charge on any atom is 0.333 e. The van der Waals surface area contributed by atoms with Gasteiger partial charge in [-0.1, -0.05) is 26.0 Å². The van der Waals surface area contributed by atoms with Gasteiger partial charge in [-0.15, -0.1) is 0 Å². The third-order valence-corrected chi connectivity index (χ3v) is 4.66. The zero-order valence-electron chi connectivity index (χ0n) is 17.3. The molecule has 3 rings (SSSR count). The maximum atomic E-state index is 13.1. The van der Waals surface area contributed by atoms with Crippen LogP contribution in [0.2, 0.25) is 0 Å². The van der Waals surface area contributed by atoms with Crippen LogP contribution in [0.4, 0.5) is 0 Å². The first-order valence-electron chi connectivity index (χ1n) is 9.74. The van der Waals surface area contributed by atoms with Crippen LogP contribution in [0, 0.1) is 5.92 Å². The molecule has 0 radical (unpaired) electrons. The summed E-state index contributed by atoms with van der Waals surface area (Å²) in [6.45, 7) is 4.42. The molecule has 9 heteroatoms. The van der Waals surface area contributed by atoms with E-state index in [1.165, 1.54) is 17.0 Å². The number of amides is 1. The van der Waals surface area contributed by atoms with Crippen LogP contribution in [0.5, 0.6) is 5.75 Å². The number of hydrogen-bond donors (Lipinski definition) is 1. The van der Waals surface area contributed by atoms with E-state index in [-0.39, 0.29) is 30.2 Å². The number of hydrogen-bond acceptors (Lipinski definition) is 6. The average molecular weight is 411 g/mol. The van der Waals surface area contributed by atoms with Gasteiger partial charge >= 0.3 is 5.69 Å². The number of carbonyl (C=O) groups excluding carboxylic acids is 1. The molecule has 30 heavy (non-hydrogen) atoms. The van der Waals surface area contributed by atoms with Crippen LogP contribution in [-0.2, 0) is 17.9 Å². The van der Waals surface area contributed by atoms with Gasteiger partial charge in [-0.05, 0) is 30.0 Å². The van der Waals surface area contributed by atoms with E-state index >= 15 is 0 Å². The molecule has 0 bridgehead atoms. The summed E-state index contributed by atoms with van der Waals surface area (Å²) in [7, 11) is 1.54. The Morgan fingerprint density at radius 3 is 2.67 bits per heavy atom. The minimum Gasteiger partial charge on any atom is -0.497 e. The summed E-state index contributed by atoms with van der Waals surface area (Å²) < 4.78 is 7.46. The number of benzene rings is 1. The fraction of sp³-hybridized carbons (Fsp3) is 0.381. The summed E-state index contributed by atoms with van der Waals surface area (Å²) in [4.78, 5) is 46.7. The fourth-order valence-corrected chi connectivity index (χ4v) is 3.07. The Bertz CT molecular complexity index is 1170. The summed E-state index contributed by atoms with van der Waals surface area (Å²) in [5.74, 6) is 0.742. The van der Waals surface area contributed by atoms with Crippen LogP contribution in [-0.4, -0.2) is 38.7 Å². The number of nitrogens with one attached hydrogen (secondary N) is 1. The average Bonchev–Trinajstić information content (AvgIpc) is 2.74. The van der Waals surface area contributed by atoms with Crippen LogP contribution in [0.3, 0.4) is 0 Å². The highest BCUT2D eigenvalue weighted by atomic mass is 16.5. The topological polar surface area (TPSA) is 108 Å². The van der Waals surface area contributed by atoms with Crippen molar-refractivity contribution in [3.8, 4) is 5.75 Å². The molecule has 0 spiro atoms. The first kappa shape index (κ1) is 21.2. The Labute approximate surface area is 173 Å². The molecule has 9 nitrogen and oxygen atoms in total. The van der Waals surface area contributed by atoms with E-state index in [1.807, 2.05) is 0 Å². The lowest BCUT2D eigenvalue weighted by Crippen LogP contribution is -2.43. The molecule has 1 amide bonds. The van der Waals surface area contributed by atoms with E-state index in [0.29, 0.717) is 23.8 Å². The lowest BCUT2D eigenvalue weighted by Gasteiger charge is -2.13. The number of ether oxygens (including phenoxy) is 1. The molecule has 0 saturated heterocycles. The lowest BCUT2D eigenvalue weighted by atomic mass is 10.1. The molecule has 158 valence electrons. The molecule has 0 saturated carbocycles. The van der Waals surface area contributed by atoms with Crippen molar-refractivity contribution in [3.63, 3.8) is 0 Å². The summed E-state index contributed by atoms with van der Waals surface area (Å²) in [6.07, 6.45) is 3.61. The highest BCUT2D eigenvalue weighted by Gasteiger charge is 2.17. The van der Waals surface area contributed by atoms with E-state index in [0.717, 1.165) is 11.0 Å². The molecule has 0 aliphatic rings. The van der Waals surface area contributed by atoms with E-state index in [9.17, 15) is 14.4 Å². The third kappa shape index (κ3) is 4.73. The lowest BCUT2D eigenvalue weighted by molar-refractivity contribution is -0.121. The van der Waals surface area contributed by atoms with Gasteiger partial charge < -0.3 is 10.1 Å². The smallest absolute Gasteiger partial charge is 0.333 e. The van der Waals surface area contributed by atoms with Crippen molar-refractivity contribution in [2.75, 3.05) is 13.7 Å². The molecule has 2 aromatic heterocycles. The number of carbonyl (C=O) groups is 1. The second kappa shape index (κ2) is 9.34. The monoisotopic (exact) mass is 411 g/mol. The van der Waals surface area contributed by atoms with Crippen LogP contribution in [0.25, 0.3) is 11.2 Å². The maximum absolute atomic E-state index is 13.1. The Morgan fingerprint density at radius 1 is 1.17 bits per heavy atom. The van der Waals surface area contributed by atoms with Crippen molar-refractivity contribution in [1.82, 2.24) is 24.4 Å². The van der Waals surface area contributed by atoms with Gasteiger partial charge in [0.25, 0.3) is 5.56 Å². The molecule has 1 N–H and O–H groups in total. The van der Waals surface area contributed by atoms with E-state index < -0.39 is 11.2 Å². The molecule has 0 aliphatic heterocycles. The van der Waals surface area contributed by atoms with Crippen molar-refractivity contribution in [1.29, 1.82) is 0 Å². The van der Waals surface area contributed by atoms with Gasteiger partial charge in [0.1, 0.15) is 12.3 Å². The summed E-state index contributed by atoms with van der Waals surface area (Å²) in [5, 5.41) is 2.80. The first-order valence-corrected chi connectivity index (χ1v) is 9.74. The minimum atomic E-state index is -0.616. The van der Waals surface area contributed by atoms with Gasteiger partial charge in [-0.3, -0.25) is 18.7 Å². The number of methoxy groups -OCH3 is 1. The Balaban J connectivity index is 2.01. The largest absolute Gasteiger partial charge is 0.497 e. The molecular weight excluding hydrogens is 386 g/mol. The molecule has 2 heterocycles. The molecule has 0 atom stereocenters. The SMILES string of the molecule is COc1cccc(Cn2c(=O)c3nccnc3n(CC(=O)NCCC(C)C)c2=O)c1. The van der Waals surface area contributed by atoms with Crippen LogP contribution < -0.4 is 21.3 Å². The van der Waals surface area contributed by atoms with Gasteiger partial charge in [0.05, 0.1) is 13.7 Å². The Hall–Kier alpha value is -3.49. The summed E-state index contributed by atoms with van der Waals surface area (Å²) in [5.41, 5.74) is -0.328. The molecule has 1 aromatic carbocycles. The number of rotatable bonds is 8. The normalized spacial score (nSPS) is 11.1. The second-order valence-corrected chi connectivity index (χ2v) is 7.37. The van der Waals surface area contributed by atoms with Crippen LogP contribution in [0.15, 0.2) is 46.2 Å². The zero-order chi connectivity index (χ0) is 21.7. The quantitative estimate of drug-likeness (QED) is 0.596. The zero-order valence-corrected chi connectivity index (χ0v) is 17.3. The van der Waals surface area contributed by atoms with Crippen LogP contribution in [0.1, 0.15) is 25.8 Å². The van der Waals surface area contributed by atoms with Gasteiger partial charge in [0, 0.05) is 18.9 Å². The van der Waals surface area contributed by atoms with Crippen molar-refractivity contribution in [2.45, 2.75) is 33.4 Å². The van der Waals surface area contributed by atoms with Crippen molar-refractivity contribution < 1.29 is 9.53 Å². The predicted molar refractivity (Wildman–Crippen MR) is 113 cm³/mol. The number of aromatic nitrogens is 4. The van der Waals surface area contributed by atoms with Crippen molar-refractivity contribution >= 4 is 17.1 Å². The third-order valence-electron chi connectivity index (χ3n) is 4.66. The number of nitrogens with zero attached hydrogens (tertiary/aromatic N) is 4. The summed E-state index contributed by atoms with van der Waals surface area (Å²) >= 11 is 0. The van der Waals surface area contributed by atoms with Gasteiger partial charge in [0.15, 0.2) is 11.2 Å². The number of fused-ring (bicyclic) bond motifs is 1. The Kier molecular flexibility index (Phi) is 6.61. The first-order chi connectivity index (χ1) is 14.4. The standard InChI is InChI=1S/C21H25N5O4/c1-14(2)7-8-22-17(27)13-25-19-18(23-9-10-24-19)20(28)26(21(25)29)12-15-5-4-6-16(11-15)30-3/h4-6,9-11,14H,7-8,12-13H2,1-3H3,(H,22,27). The molecular formula is C21H25N5O4. The second-order valence-electron chi connectivity index (χ2n) is 7.37. The predicted octanol–water partition coefficient (Wildman–Crippen LogP) is 1.17. The molecule has 0 aliphatic carbocycles. The van der Waals surface area contributed by atoms with Gasteiger partial charge in [-0.2, -0.15) is 0 Å². The molecule has 3 aromatic rings. The van der Waals surface area contributed by atoms with E-state index in [4.69, 9.17) is 4.74 Å². The van der Waals surface area contributed by atoms with E-state index in [2.05, 4.69) is 29.1 Å². The fourth-order valence-electron chi connectivity index (χ4n) is 3.07. The highest BCUT2D eigenvalue weighted by molar-refractivity contribution is 5.78. The highest BCUT2D eigenvalue weighted by Crippen LogP contribution is 2.13. The van der Waals surface area contributed by atoms with Crippen molar-refractivity contribution in [2.24, 2.45) is 5.92 Å². The Morgan fingerprint density at radius 2 is 1.93 bits per heavy atom. The van der Waals surface area contributed by atoms with Gasteiger partial charge in [-0.25, -0.2) is 14.8 Å². The van der Waals surface area contributed by atoms with Crippen LogP contribution >= 0.6 is 0 Å². The summed E-state index contributed by atoms with van der Waals surface area (Å²) in [6, 6.07) is 7.09. The molecule has 0 unspecified atom stereocenters. The molecule has 0 fully saturated rings. The van der Waals surface area contributed by atoms with E-state index in [1.54, 1.807) is 31.4 Å². The van der Waals surface area contributed by atoms with Crippen molar-refractivity contribution in [3.05, 3.63) is 63.1 Å². The minimum absolute atomic E-state index is 0.0242. The van der Waals surface area contributed by atoms with Gasteiger partial charge in [0.2, 0.25) is 5.91 Å².